The molecule has 1 N–H and O–H groups in total. The maximum atomic E-state index is 10.9. The lowest BCUT2D eigenvalue weighted by Crippen LogP contribution is -2.37. The van der Waals surface area contributed by atoms with Gasteiger partial charge in [0.25, 0.3) is 0 Å². The van der Waals surface area contributed by atoms with Gasteiger partial charge in [-0.05, 0) is 17.6 Å². The van der Waals surface area contributed by atoms with Gasteiger partial charge in [0.2, 0.25) is 0 Å². The predicted molar refractivity (Wildman–Crippen MR) is 57.4 cm³/mol. The van der Waals surface area contributed by atoms with Crippen molar-refractivity contribution < 1.29 is 9.08 Å². The molecule has 0 aromatic rings. The summed E-state index contributed by atoms with van der Waals surface area (Å²) in [6.45, 7) is 3.64. The Kier molecular flexibility index (Phi) is 2.69. The van der Waals surface area contributed by atoms with Gasteiger partial charge in [0.05, 0.1) is 14.1 Å². The molecule has 1 heterocycles. The van der Waals surface area contributed by atoms with Crippen LogP contribution in [0.4, 0.5) is 0 Å². The fourth-order valence-electron chi connectivity index (χ4n) is 1.11. The summed E-state index contributed by atoms with van der Waals surface area (Å²) in [6.07, 6.45) is -2.12. The molecule has 0 spiro atoms. The van der Waals surface area contributed by atoms with E-state index in [9.17, 15) is 10.1 Å². The number of hydrogen-bond acceptors (Lipinski definition) is 5. The molecule has 1 rings (SSSR count). The molecular weight excluding hydrogens is 202 g/mol. The van der Waals surface area contributed by atoms with Crippen molar-refractivity contribution in [2.75, 3.05) is 18.1 Å². The monoisotopic (exact) mass is 220 g/mol. The van der Waals surface area contributed by atoms with Gasteiger partial charge in [-0.3, -0.25) is 0 Å². The molecule has 0 aromatic carbocycles. The fourth-order valence-corrected chi connectivity index (χ4v) is 1.71. The van der Waals surface area contributed by atoms with E-state index in [-0.39, 0.29) is 6.54 Å². The van der Waals surface area contributed by atoms with Crippen LogP contribution in [-0.4, -0.2) is 34.0 Å². The molecule has 1 aliphatic rings. The van der Waals surface area contributed by atoms with Crippen LogP contribution in [0.5, 0.6) is 0 Å². The number of nitrogens with zero attached hydrogens (tertiary/aromatic N) is 2. The average molecular weight is 220 g/mol. The lowest BCUT2D eigenvalue weighted by molar-refractivity contribution is -0.445. The first-order valence-corrected chi connectivity index (χ1v) is 5.49. The zero-order valence-corrected chi connectivity index (χ0v) is 9.00. The Morgan fingerprint density at radius 2 is 2.79 bits per heavy atom. The summed E-state index contributed by atoms with van der Waals surface area (Å²) < 4.78 is 23.0. The average Bonchev–Trinajstić information content (AvgIpc) is 2.40. The van der Waals surface area contributed by atoms with Crippen LogP contribution in [0.1, 0.15) is 16.6 Å². The van der Waals surface area contributed by atoms with Gasteiger partial charge in [-0.25, -0.2) is 4.90 Å². The van der Waals surface area contributed by atoms with Crippen LogP contribution >= 0.6 is 11.8 Å². The molecule has 5 nitrogen and oxygen atoms in total. The molecule has 0 aliphatic carbocycles. The molecule has 0 bridgehead atoms. The second-order valence-electron chi connectivity index (χ2n) is 2.70. The van der Waals surface area contributed by atoms with Gasteiger partial charge < -0.3 is 15.4 Å². The number of hydrogen-bond donors (Lipinski definition) is 1. The van der Waals surface area contributed by atoms with Crippen LogP contribution in [0.3, 0.4) is 0 Å². The highest BCUT2D eigenvalue weighted by Crippen LogP contribution is 2.15. The van der Waals surface area contributed by atoms with Crippen molar-refractivity contribution in [3.8, 4) is 0 Å². The highest BCUT2D eigenvalue weighted by atomic mass is 32.2. The first kappa shape index (κ1) is 7.39. The van der Waals surface area contributed by atoms with Gasteiger partial charge in [0.1, 0.15) is 1.37 Å². The third-order valence-electron chi connectivity index (χ3n) is 1.80. The van der Waals surface area contributed by atoms with Crippen LogP contribution in [-0.2, 0) is 0 Å². The smallest absolute Gasteiger partial charge is 0.335 e. The van der Waals surface area contributed by atoms with Gasteiger partial charge in [0, 0.05) is 5.75 Å². The normalized spacial score (nSPS) is 30.3. The van der Waals surface area contributed by atoms with Crippen LogP contribution in [0.2, 0.25) is 1.41 Å². The molecule has 6 heteroatoms. The zero-order chi connectivity index (χ0) is 13.2. The lowest BCUT2D eigenvalue weighted by Gasteiger charge is -2.18. The maximum Gasteiger partial charge on any atom is 0.335 e. The zero-order valence-electron chi connectivity index (χ0n) is 11.2. The molecule has 0 saturated carbocycles. The molecule has 0 aromatic heterocycles. The quantitative estimate of drug-likeness (QED) is 0.426. The highest BCUT2D eigenvalue weighted by Gasteiger charge is 2.31. The first-order valence-electron chi connectivity index (χ1n) is 5.78. The largest absolute Gasteiger partial charge is 0.358 e. The van der Waals surface area contributed by atoms with Crippen molar-refractivity contribution in [3.63, 3.8) is 0 Å². The van der Waals surface area contributed by atoms with E-state index in [1.807, 2.05) is 6.92 Å². The van der Waals surface area contributed by atoms with E-state index in [0.29, 0.717) is 11.1 Å². The van der Waals surface area contributed by atoms with Gasteiger partial charge >= 0.3 is 5.82 Å². The van der Waals surface area contributed by atoms with Crippen molar-refractivity contribution in [3.05, 3.63) is 22.1 Å². The minimum atomic E-state index is -1.59. The summed E-state index contributed by atoms with van der Waals surface area (Å²) in [6, 6.07) is 0. The van der Waals surface area contributed by atoms with Crippen LogP contribution in [0.15, 0.2) is 12.0 Å². The molecule has 0 fully saturated rings. The molecule has 1 atom stereocenters. The Hall–Kier alpha value is -0.910. The molecule has 1 aliphatic heterocycles. The Morgan fingerprint density at radius 1 is 2.07 bits per heavy atom. The third-order valence-corrected chi connectivity index (χ3v) is 2.68. The van der Waals surface area contributed by atoms with E-state index >= 15 is 0 Å². The number of thioether (sulfide) groups is 1. The molecule has 0 amide bonds. The third kappa shape index (κ3) is 2.54. The predicted octanol–water partition coefficient (Wildman–Crippen LogP) is 1.07. The Balaban J connectivity index is 2.93. The molecule has 0 radical (unpaired) electrons. The standard InChI is InChI=1S/C8H15N3O2S/c1-3-14-5-4-10-7(2)9-6-8(10)11(12)13/h6-7,9H,3-5H2,1-2H3/i6D,7D/hD. The van der Waals surface area contributed by atoms with Crippen molar-refractivity contribution in [2.24, 2.45) is 0 Å². The van der Waals surface area contributed by atoms with E-state index in [0.717, 1.165) is 5.75 Å². The summed E-state index contributed by atoms with van der Waals surface area (Å²) in [5.74, 6) is 1.05. The minimum Gasteiger partial charge on any atom is -0.358 e. The van der Waals surface area contributed by atoms with Crippen LogP contribution in [0.25, 0.3) is 0 Å². The summed E-state index contributed by atoms with van der Waals surface area (Å²) >= 11 is 1.60. The second-order valence-corrected chi connectivity index (χ2v) is 4.09. The lowest BCUT2D eigenvalue weighted by atomic mass is 10.5. The number of nitrogens with one attached hydrogen (secondary N) is 1. The Labute approximate surface area is 92.0 Å². The minimum absolute atomic E-state index is 0.284. The topological polar surface area (TPSA) is 58.4 Å². The Morgan fingerprint density at radius 3 is 3.36 bits per heavy atom. The summed E-state index contributed by atoms with van der Waals surface area (Å²) in [5.41, 5.74) is 0. The van der Waals surface area contributed by atoms with Crippen molar-refractivity contribution in [1.29, 1.82) is 0 Å². The highest BCUT2D eigenvalue weighted by molar-refractivity contribution is 7.99. The van der Waals surface area contributed by atoms with Gasteiger partial charge in [-0.1, -0.05) is 6.92 Å². The molecule has 0 saturated heterocycles. The first-order chi connectivity index (χ1) is 7.84. The second kappa shape index (κ2) is 5.09. The Bertz CT molecular complexity index is 351. The number of nitro groups is 1. The van der Waals surface area contributed by atoms with E-state index in [1.54, 1.807) is 11.8 Å². The van der Waals surface area contributed by atoms with Crippen LogP contribution in [0, 0.1) is 10.1 Å². The van der Waals surface area contributed by atoms with E-state index in [2.05, 4.69) is 0 Å². The van der Waals surface area contributed by atoms with E-state index < -0.39 is 23.1 Å². The summed E-state index contributed by atoms with van der Waals surface area (Å²) in [5, 5.41) is 11.4. The SMILES string of the molecule is [2H]C1=C([N+](=O)[O-])N(CCSCC)C([2H])(C)N1[2H]. The summed E-state index contributed by atoms with van der Waals surface area (Å²) in [4.78, 5) is 11.4. The van der Waals surface area contributed by atoms with E-state index in [1.165, 1.54) is 11.8 Å². The fraction of sp³-hybridized carbons (Fsp3) is 0.750. The maximum absolute atomic E-state index is 10.9. The molecule has 1 unspecified atom stereocenters. The molecular formula is C8H15N3O2S. The van der Waals surface area contributed by atoms with E-state index in [4.69, 9.17) is 4.15 Å². The van der Waals surface area contributed by atoms with Crippen LogP contribution < -0.4 is 5.31 Å². The van der Waals surface area contributed by atoms with Gasteiger partial charge in [-0.2, -0.15) is 11.8 Å². The van der Waals surface area contributed by atoms with Crippen molar-refractivity contribution >= 4 is 11.8 Å². The van der Waals surface area contributed by atoms with Crippen molar-refractivity contribution in [2.45, 2.75) is 20.0 Å². The van der Waals surface area contributed by atoms with Crippen molar-refractivity contribution in [1.82, 2.24) is 10.2 Å². The number of rotatable bonds is 5. The molecule has 80 valence electrons. The van der Waals surface area contributed by atoms with Gasteiger partial charge in [0.15, 0.2) is 7.55 Å². The summed E-state index contributed by atoms with van der Waals surface area (Å²) in [7, 11) is 0. The molecule has 14 heavy (non-hydrogen) atoms. The van der Waals surface area contributed by atoms with Gasteiger partial charge in [-0.15, -0.1) is 0 Å².